The molecule has 2 rings (SSSR count). The van der Waals surface area contributed by atoms with E-state index in [1.807, 2.05) is 0 Å². The molecule has 0 aliphatic carbocycles. The molecule has 0 atom stereocenters. The second-order valence-electron chi connectivity index (χ2n) is 3.99. The van der Waals surface area contributed by atoms with Gasteiger partial charge in [-0.2, -0.15) is 13.2 Å². The number of benzene rings is 1. The summed E-state index contributed by atoms with van der Waals surface area (Å²) in [7, 11) is 0. The number of carbonyl (C=O) groups excluding carboxylic acids is 1. The Balaban J connectivity index is 2.14. The molecular weight excluding hydrogens is 444 g/mol. The first-order valence-electron chi connectivity index (χ1n) is 5.51. The summed E-state index contributed by atoms with van der Waals surface area (Å²) in [4.78, 5) is 11.9. The molecular formula is C11H5F5IN3OS. The lowest BCUT2D eigenvalue weighted by atomic mass is 10.2. The predicted octanol–water partition coefficient (Wildman–Crippen LogP) is 3.78. The van der Waals surface area contributed by atoms with Gasteiger partial charge in [0.2, 0.25) is 5.13 Å². The average molecular weight is 449 g/mol. The number of rotatable bonds is 3. The molecule has 4 nitrogen and oxygen atoms in total. The van der Waals surface area contributed by atoms with E-state index in [-0.39, 0.29) is 19.3 Å². The van der Waals surface area contributed by atoms with Crippen molar-refractivity contribution in [1.29, 1.82) is 0 Å². The maximum absolute atomic E-state index is 13.1. The zero-order chi connectivity index (χ0) is 16.5. The van der Waals surface area contributed by atoms with Gasteiger partial charge in [-0.25, -0.2) is 8.78 Å². The van der Waals surface area contributed by atoms with E-state index in [1.54, 1.807) is 22.6 Å². The second kappa shape index (κ2) is 6.40. The lowest BCUT2D eigenvalue weighted by Crippen LogP contribution is -2.14. The van der Waals surface area contributed by atoms with Crippen LogP contribution in [-0.2, 0) is 6.42 Å². The number of hydrogen-bond donors (Lipinski definition) is 1. The minimum atomic E-state index is -4.43. The van der Waals surface area contributed by atoms with Gasteiger partial charge in [0, 0.05) is 3.57 Å². The van der Waals surface area contributed by atoms with Crippen molar-refractivity contribution in [2.24, 2.45) is 0 Å². The van der Waals surface area contributed by atoms with Crippen molar-refractivity contribution in [3.8, 4) is 0 Å². The van der Waals surface area contributed by atoms with Gasteiger partial charge in [0.25, 0.3) is 5.91 Å². The fraction of sp³-hybridized carbons (Fsp3) is 0.182. The number of nitrogens with zero attached hydrogens (tertiary/aromatic N) is 2. The number of hydrogen-bond acceptors (Lipinski definition) is 4. The van der Waals surface area contributed by atoms with Gasteiger partial charge in [-0.05, 0) is 34.7 Å². The summed E-state index contributed by atoms with van der Waals surface area (Å²) in [6.45, 7) is 0. The highest BCUT2D eigenvalue weighted by molar-refractivity contribution is 14.1. The Morgan fingerprint density at radius 2 is 1.86 bits per heavy atom. The number of aromatic nitrogens is 2. The Kier molecular flexibility index (Phi) is 4.94. The van der Waals surface area contributed by atoms with E-state index < -0.39 is 30.1 Å². The van der Waals surface area contributed by atoms with Crippen molar-refractivity contribution >= 4 is 45.0 Å². The molecule has 1 amide bonds. The molecule has 0 saturated carbocycles. The van der Waals surface area contributed by atoms with Gasteiger partial charge in [0.05, 0.1) is 12.0 Å². The molecule has 1 aromatic carbocycles. The van der Waals surface area contributed by atoms with Gasteiger partial charge in [0.15, 0.2) is 11.6 Å². The summed E-state index contributed by atoms with van der Waals surface area (Å²) in [5.41, 5.74) is -0.160. The molecule has 1 heterocycles. The average Bonchev–Trinajstić information content (AvgIpc) is 2.78. The maximum Gasteiger partial charge on any atom is 0.395 e. The minimum Gasteiger partial charge on any atom is -0.296 e. The van der Waals surface area contributed by atoms with Crippen LogP contribution in [0.3, 0.4) is 0 Å². The zero-order valence-corrected chi connectivity index (χ0v) is 13.3. The van der Waals surface area contributed by atoms with Crippen molar-refractivity contribution in [2.75, 3.05) is 5.32 Å². The molecule has 2 aromatic rings. The van der Waals surface area contributed by atoms with Crippen LogP contribution >= 0.6 is 33.9 Å². The number of nitrogens with one attached hydrogen (secondary N) is 1. The molecule has 0 aliphatic rings. The van der Waals surface area contributed by atoms with Crippen LogP contribution in [0, 0.1) is 15.2 Å². The van der Waals surface area contributed by atoms with Gasteiger partial charge in [-0.15, -0.1) is 10.2 Å². The largest absolute Gasteiger partial charge is 0.395 e. The Bertz CT molecular complexity index is 718. The Hall–Kier alpha value is -1.37. The summed E-state index contributed by atoms with van der Waals surface area (Å²) < 4.78 is 62.8. The zero-order valence-electron chi connectivity index (χ0n) is 10.3. The van der Waals surface area contributed by atoms with Crippen molar-refractivity contribution in [1.82, 2.24) is 10.2 Å². The Morgan fingerprint density at radius 1 is 1.23 bits per heavy atom. The highest BCUT2D eigenvalue weighted by Gasteiger charge is 2.30. The highest BCUT2D eigenvalue weighted by atomic mass is 127. The third-order valence-corrected chi connectivity index (χ3v) is 4.02. The molecule has 0 saturated heterocycles. The molecule has 0 unspecified atom stereocenters. The van der Waals surface area contributed by atoms with E-state index >= 15 is 0 Å². The number of amides is 1. The van der Waals surface area contributed by atoms with E-state index in [9.17, 15) is 26.7 Å². The topological polar surface area (TPSA) is 54.9 Å². The molecule has 0 aliphatic heterocycles. The van der Waals surface area contributed by atoms with E-state index in [2.05, 4.69) is 15.5 Å². The van der Waals surface area contributed by atoms with Crippen molar-refractivity contribution in [3.05, 3.63) is 37.9 Å². The van der Waals surface area contributed by atoms with Gasteiger partial charge in [-0.3, -0.25) is 10.1 Å². The molecule has 118 valence electrons. The fourth-order valence-corrected chi connectivity index (χ4v) is 2.85. The summed E-state index contributed by atoms with van der Waals surface area (Å²) in [5, 5.41) is 8.42. The monoisotopic (exact) mass is 449 g/mol. The van der Waals surface area contributed by atoms with E-state index in [0.717, 1.165) is 6.07 Å². The SMILES string of the molecule is O=C(Nc1nnc(CC(F)(F)F)s1)c1cc(F)c(F)cc1I. The van der Waals surface area contributed by atoms with Crippen LogP contribution in [-0.4, -0.2) is 22.3 Å². The smallest absolute Gasteiger partial charge is 0.296 e. The van der Waals surface area contributed by atoms with Crippen LogP contribution in [0.25, 0.3) is 0 Å². The number of anilines is 1. The minimum absolute atomic E-state index is 0.147. The fourth-order valence-electron chi connectivity index (χ4n) is 1.41. The van der Waals surface area contributed by atoms with Crippen LogP contribution in [0.15, 0.2) is 12.1 Å². The standard InChI is InChI=1S/C11H5F5IN3OS/c12-5-1-4(7(17)2-6(5)13)9(21)18-10-20-19-8(22-10)3-11(14,15)16/h1-2H,3H2,(H,18,20,21). The number of alkyl halides is 3. The molecule has 0 fully saturated rings. The first-order chi connectivity index (χ1) is 10.2. The van der Waals surface area contributed by atoms with Gasteiger partial charge < -0.3 is 0 Å². The number of carbonyl (C=O) groups is 1. The lowest BCUT2D eigenvalue weighted by molar-refractivity contribution is -0.127. The van der Waals surface area contributed by atoms with Crippen molar-refractivity contribution < 1.29 is 26.7 Å². The third-order valence-electron chi connectivity index (χ3n) is 2.29. The Labute approximate surface area is 137 Å². The molecule has 1 N–H and O–H groups in total. The first kappa shape index (κ1) is 17.0. The molecule has 0 bridgehead atoms. The van der Waals surface area contributed by atoms with Crippen molar-refractivity contribution in [2.45, 2.75) is 12.6 Å². The molecule has 1 aromatic heterocycles. The molecule has 0 spiro atoms. The number of halogens is 6. The van der Waals surface area contributed by atoms with Crippen molar-refractivity contribution in [3.63, 3.8) is 0 Å². The maximum atomic E-state index is 13.1. The lowest BCUT2D eigenvalue weighted by Gasteiger charge is -2.05. The first-order valence-corrected chi connectivity index (χ1v) is 7.40. The normalized spacial score (nSPS) is 11.5. The summed E-state index contributed by atoms with van der Waals surface area (Å²) in [5.74, 6) is -3.14. The summed E-state index contributed by atoms with van der Waals surface area (Å²) >= 11 is 2.19. The molecule has 22 heavy (non-hydrogen) atoms. The van der Waals surface area contributed by atoms with Gasteiger partial charge in [0.1, 0.15) is 5.01 Å². The van der Waals surface area contributed by atoms with E-state index in [0.29, 0.717) is 17.4 Å². The third kappa shape index (κ3) is 4.32. The quantitative estimate of drug-likeness (QED) is 0.441. The van der Waals surface area contributed by atoms with Crippen LogP contribution in [0.4, 0.5) is 27.1 Å². The van der Waals surface area contributed by atoms with Crippen LogP contribution in [0.1, 0.15) is 15.4 Å². The molecule has 11 heteroatoms. The molecule has 0 radical (unpaired) electrons. The van der Waals surface area contributed by atoms with Crippen LogP contribution < -0.4 is 5.32 Å². The summed E-state index contributed by atoms with van der Waals surface area (Å²) in [6.07, 6.45) is -5.69. The van der Waals surface area contributed by atoms with E-state index in [4.69, 9.17) is 0 Å². The van der Waals surface area contributed by atoms with Gasteiger partial charge >= 0.3 is 6.18 Å². The summed E-state index contributed by atoms with van der Waals surface area (Å²) in [6, 6.07) is 1.53. The van der Waals surface area contributed by atoms with E-state index in [1.165, 1.54) is 0 Å². The van der Waals surface area contributed by atoms with Crippen LogP contribution in [0.5, 0.6) is 0 Å². The second-order valence-corrected chi connectivity index (χ2v) is 6.22. The van der Waals surface area contributed by atoms with Crippen LogP contribution in [0.2, 0.25) is 0 Å². The highest BCUT2D eigenvalue weighted by Crippen LogP contribution is 2.26. The Morgan fingerprint density at radius 3 is 2.50 bits per heavy atom. The van der Waals surface area contributed by atoms with Gasteiger partial charge in [-0.1, -0.05) is 11.3 Å². The predicted molar refractivity (Wildman–Crippen MR) is 76.7 cm³/mol.